The number of rotatable bonds is 9. The van der Waals surface area contributed by atoms with Crippen LogP contribution in [0.2, 0.25) is 0 Å². The molecule has 0 aliphatic carbocycles. The predicted octanol–water partition coefficient (Wildman–Crippen LogP) is 3.83. The van der Waals surface area contributed by atoms with E-state index in [1.54, 1.807) is 0 Å². The lowest BCUT2D eigenvalue weighted by Gasteiger charge is -2.37. The molecule has 2 rings (SSSR count). The number of hydrogen-bond acceptors (Lipinski definition) is 4. The van der Waals surface area contributed by atoms with Gasteiger partial charge in [-0.15, -0.1) is 0 Å². The van der Waals surface area contributed by atoms with Crippen LogP contribution in [0.3, 0.4) is 0 Å². The minimum absolute atomic E-state index is 0.0337. The normalized spacial score (nSPS) is 20.9. The number of likely N-dealkylation sites (tertiary alicyclic amines) is 1. The molecule has 0 radical (unpaired) electrons. The summed E-state index contributed by atoms with van der Waals surface area (Å²) < 4.78 is 5.66. The van der Waals surface area contributed by atoms with Crippen molar-refractivity contribution in [2.45, 2.75) is 65.9 Å². The molecule has 5 heteroatoms. The van der Waals surface area contributed by atoms with Crippen LogP contribution in [0.4, 0.5) is 0 Å². The first kappa shape index (κ1) is 23.4. The summed E-state index contributed by atoms with van der Waals surface area (Å²) in [5, 5.41) is 9.66. The molecule has 1 aliphatic heterocycles. The second-order valence-electron chi connectivity index (χ2n) is 9.63. The lowest BCUT2D eigenvalue weighted by Crippen LogP contribution is -2.46. The molecule has 1 aliphatic rings. The Morgan fingerprint density at radius 2 is 1.90 bits per heavy atom. The largest absolute Gasteiger partial charge is 0.460 e. The van der Waals surface area contributed by atoms with E-state index in [9.17, 15) is 14.7 Å². The van der Waals surface area contributed by atoms with E-state index in [0.717, 1.165) is 6.42 Å². The SMILES string of the molecule is CC(C)CC1(C(CCO)C(=O)OC(C)(C)C)CCN(CCc2ccccc2)C1=O. The third kappa shape index (κ3) is 6.05. The third-order valence-electron chi connectivity index (χ3n) is 5.60. The molecule has 2 atom stereocenters. The van der Waals surface area contributed by atoms with Crippen LogP contribution in [0.15, 0.2) is 30.3 Å². The molecule has 29 heavy (non-hydrogen) atoms. The van der Waals surface area contributed by atoms with Gasteiger partial charge in [0.2, 0.25) is 5.91 Å². The highest BCUT2D eigenvalue weighted by atomic mass is 16.6. The number of carbonyl (C=O) groups excluding carboxylic acids is 2. The van der Waals surface area contributed by atoms with Gasteiger partial charge in [-0.25, -0.2) is 0 Å². The summed E-state index contributed by atoms with van der Waals surface area (Å²) in [7, 11) is 0. The molecule has 162 valence electrons. The number of nitrogens with zero attached hydrogens (tertiary/aromatic N) is 1. The molecule has 1 aromatic rings. The van der Waals surface area contributed by atoms with E-state index in [1.165, 1.54) is 5.56 Å². The van der Waals surface area contributed by atoms with Crippen LogP contribution in [0.25, 0.3) is 0 Å². The van der Waals surface area contributed by atoms with Crippen molar-refractivity contribution in [3.63, 3.8) is 0 Å². The van der Waals surface area contributed by atoms with Crippen molar-refractivity contribution in [1.29, 1.82) is 0 Å². The van der Waals surface area contributed by atoms with Gasteiger partial charge >= 0.3 is 5.97 Å². The maximum atomic E-state index is 13.6. The summed E-state index contributed by atoms with van der Waals surface area (Å²) in [5.41, 5.74) is -0.227. The van der Waals surface area contributed by atoms with Crippen LogP contribution in [-0.2, 0) is 20.7 Å². The zero-order valence-corrected chi connectivity index (χ0v) is 18.6. The topological polar surface area (TPSA) is 66.8 Å². The Bertz CT molecular complexity index is 680. The number of carbonyl (C=O) groups is 2. The monoisotopic (exact) mass is 403 g/mol. The highest BCUT2D eigenvalue weighted by Crippen LogP contribution is 2.46. The van der Waals surface area contributed by atoms with Gasteiger partial charge in [0.15, 0.2) is 0 Å². The molecular weight excluding hydrogens is 366 g/mol. The molecule has 1 amide bonds. The fourth-order valence-corrected chi connectivity index (χ4v) is 4.49. The lowest BCUT2D eigenvalue weighted by atomic mass is 9.67. The van der Waals surface area contributed by atoms with Gasteiger partial charge in [0.25, 0.3) is 0 Å². The van der Waals surface area contributed by atoms with E-state index in [0.29, 0.717) is 25.9 Å². The van der Waals surface area contributed by atoms with Gasteiger partial charge < -0.3 is 14.7 Å². The van der Waals surface area contributed by atoms with Crippen LogP contribution in [-0.4, -0.2) is 47.2 Å². The van der Waals surface area contributed by atoms with Gasteiger partial charge in [-0.1, -0.05) is 44.2 Å². The van der Waals surface area contributed by atoms with Crippen molar-refractivity contribution >= 4 is 11.9 Å². The summed E-state index contributed by atoms with van der Waals surface area (Å²) in [5.74, 6) is -0.697. The zero-order chi connectivity index (χ0) is 21.7. The molecule has 0 bridgehead atoms. The van der Waals surface area contributed by atoms with E-state index >= 15 is 0 Å². The van der Waals surface area contributed by atoms with Crippen LogP contribution < -0.4 is 0 Å². The number of ether oxygens (including phenoxy) is 1. The quantitative estimate of drug-likeness (QED) is 0.636. The Kier molecular flexibility index (Phi) is 7.87. The van der Waals surface area contributed by atoms with Crippen molar-refractivity contribution < 1.29 is 19.4 Å². The van der Waals surface area contributed by atoms with Gasteiger partial charge in [-0.3, -0.25) is 9.59 Å². The summed E-state index contributed by atoms with van der Waals surface area (Å²) >= 11 is 0. The Balaban J connectivity index is 2.25. The van der Waals surface area contributed by atoms with Gasteiger partial charge in [-0.05, 0) is 57.9 Å². The summed E-state index contributed by atoms with van der Waals surface area (Å²) in [4.78, 5) is 28.6. The molecule has 2 unspecified atom stereocenters. The van der Waals surface area contributed by atoms with Crippen molar-refractivity contribution in [1.82, 2.24) is 4.90 Å². The number of benzene rings is 1. The second kappa shape index (κ2) is 9.75. The molecule has 1 heterocycles. The maximum Gasteiger partial charge on any atom is 0.310 e. The van der Waals surface area contributed by atoms with E-state index in [-0.39, 0.29) is 30.8 Å². The molecule has 5 nitrogen and oxygen atoms in total. The Hall–Kier alpha value is -1.88. The minimum atomic E-state index is -0.796. The summed E-state index contributed by atoms with van der Waals surface area (Å²) in [6.07, 6.45) is 2.29. The third-order valence-corrected chi connectivity index (χ3v) is 5.60. The fourth-order valence-electron chi connectivity index (χ4n) is 4.49. The van der Waals surface area contributed by atoms with Crippen LogP contribution >= 0.6 is 0 Å². The molecule has 1 N–H and O–H groups in total. The molecule has 1 fully saturated rings. The number of aliphatic hydroxyl groups is 1. The van der Waals surface area contributed by atoms with Crippen molar-refractivity contribution in [2.75, 3.05) is 19.7 Å². The van der Waals surface area contributed by atoms with E-state index in [4.69, 9.17) is 4.74 Å². The average molecular weight is 404 g/mol. The second-order valence-corrected chi connectivity index (χ2v) is 9.63. The van der Waals surface area contributed by atoms with Gasteiger partial charge in [0.1, 0.15) is 5.60 Å². The van der Waals surface area contributed by atoms with Gasteiger partial charge in [0.05, 0.1) is 11.3 Å². The van der Waals surface area contributed by atoms with Crippen molar-refractivity contribution in [3.8, 4) is 0 Å². The van der Waals surface area contributed by atoms with Crippen molar-refractivity contribution in [3.05, 3.63) is 35.9 Å². The Morgan fingerprint density at radius 1 is 1.24 bits per heavy atom. The minimum Gasteiger partial charge on any atom is -0.460 e. The lowest BCUT2D eigenvalue weighted by molar-refractivity contribution is -0.170. The molecule has 1 aromatic carbocycles. The maximum absolute atomic E-state index is 13.6. The standard InChI is InChI=1S/C24H37NO4/c1-18(2)17-24(20(12-16-26)21(27)29-23(3,4)5)13-15-25(22(24)28)14-11-19-9-7-6-8-10-19/h6-10,18,20,26H,11-17H2,1-5H3. The first-order valence-electron chi connectivity index (χ1n) is 10.8. The Labute approximate surface area is 175 Å². The molecule has 1 saturated heterocycles. The average Bonchev–Trinajstić information content (AvgIpc) is 2.93. The highest BCUT2D eigenvalue weighted by Gasteiger charge is 2.54. The van der Waals surface area contributed by atoms with Crippen LogP contribution in [0.1, 0.15) is 59.4 Å². The fraction of sp³-hybridized carbons (Fsp3) is 0.667. The number of esters is 1. The number of hydrogen-bond donors (Lipinski definition) is 1. The molecular formula is C24H37NO4. The van der Waals surface area contributed by atoms with Crippen LogP contribution in [0.5, 0.6) is 0 Å². The Morgan fingerprint density at radius 3 is 2.45 bits per heavy atom. The van der Waals surface area contributed by atoms with E-state index in [1.807, 2.05) is 43.9 Å². The number of aliphatic hydroxyl groups excluding tert-OH is 1. The summed E-state index contributed by atoms with van der Waals surface area (Å²) in [6.45, 7) is 10.8. The zero-order valence-electron chi connectivity index (χ0n) is 18.6. The van der Waals surface area contributed by atoms with Crippen LogP contribution in [0, 0.1) is 17.3 Å². The van der Waals surface area contributed by atoms with Crippen molar-refractivity contribution in [2.24, 2.45) is 17.3 Å². The first-order chi connectivity index (χ1) is 13.6. The smallest absolute Gasteiger partial charge is 0.310 e. The first-order valence-corrected chi connectivity index (χ1v) is 10.8. The summed E-state index contributed by atoms with van der Waals surface area (Å²) in [6, 6.07) is 10.1. The number of amides is 1. The molecule has 0 saturated carbocycles. The molecule has 0 spiro atoms. The van der Waals surface area contributed by atoms with E-state index in [2.05, 4.69) is 26.0 Å². The van der Waals surface area contributed by atoms with Gasteiger partial charge in [-0.2, -0.15) is 0 Å². The predicted molar refractivity (Wildman–Crippen MR) is 114 cm³/mol. The molecule has 0 aromatic heterocycles. The van der Waals surface area contributed by atoms with E-state index < -0.39 is 16.9 Å². The van der Waals surface area contributed by atoms with Gasteiger partial charge in [0, 0.05) is 19.7 Å². The highest BCUT2D eigenvalue weighted by molar-refractivity contribution is 5.90.